The molecular weight excluding hydrogens is 244 g/mol. The van der Waals surface area contributed by atoms with E-state index in [1.165, 1.54) is 38.8 Å². The average Bonchev–Trinajstić information content (AvgIpc) is 2.30. The van der Waals surface area contributed by atoms with Crippen LogP contribution >= 0.6 is 0 Å². The van der Waals surface area contributed by atoms with Gasteiger partial charge in [0.15, 0.2) is 0 Å². The van der Waals surface area contributed by atoms with E-state index in [4.69, 9.17) is 0 Å². The summed E-state index contributed by atoms with van der Waals surface area (Å²) in [6, 6.07) is 1.28. The van der Waals surface area contributed by atoms with Crippen LogP contribution < -0.4 is 5.32 Å². The largest absolute Gasteiger partial charge is 0.311 e. The molecule has 0 aromatic carbocycles. The van der Waals surface area contributed by atoms with Crippen molar-refractivity contribution in [2.75, 3.05) is 19.6 Å². The topological polar surface area (TPSA) is 15.3 Å². The molecule has 0 aromatic rings. The summed E-state index contributed by atoms with van der Waals surface area (Å²) < 4.78 is 0. The van der Waals surface area contributed by atoms with Crippen molar-refractivity contribution in [3.63, 3.8) is 0 Å². The maximum Gasteiger partial charge on any atom is 0.0244 e. The summed E-state index contributed by atoms with van der Waals surface area (Å²) in [6.07, 6.45) is 5.45. The van der Waals surface area contributed by atoms with Gasteiger partial charge in [0.25, 0.3) is 0 Å². The maximum atomic E-state index is 3.74. The predicted octanol–water partition coefficient (Wildman–Crippen LogP) is 4.30. The van der Waals surface area contributed by atoms with E-state index in [9.17, 15) is 0 Å². The first-order valence-electron chi connectivity index (χ1n) is 8.63. The quantitative estimate of drug-likeness (QED) is 0.731. The van der Waals surface area contributed by atoms with E-state index in [0.29, 0.717) is 22.9 Å². The number of rotatable bonds is 6. The second kappa shape index (κ2) is 7.26. The van der Waals surface area contributed by atoms with Crippen LogP contribution in [0.3, 0.4) is 0 Å². The Kier molecular flexibility index (Phi) is 6.53. The summed E-state index contributed by atoms with van der Waals surface area (Å²) in [5, 5.41) is 3.74. The van der Waals surface area contributed by atoms with Crippen molar-refractivity contribution >= 4 is 0 Å². The van der Waals surface area contributed by atoms with Crippen molar-refractivity contribution in [3.8, 4) is 0 Å². The second-order valence-electron chi connectivity index (χ2n) is 8.73. The number of hydrogen-bond acceptors (Lipinski definition) is 2. The monoisotopic (exact) mass is 282 g/mol. The molecule has 2 unspecified atom stereocenters. The first-order valence-corrected chi connectivity index (χ1v) is 8.63. The Morgan fingerprint density at radius 2 is 1.75 bits per heavy atom. The van der Waals surface area contributed by atoms with Gasteiger partial charge < -0.3 is 5.32 Å². The van der Waals surface area contributed by atoms with E-state index >= 15 is 0 Å². The molecule has 0 spiro atoms. The predicted molar refractivity (Wildman–Crippen MR) is 90.2 cm³/mol. The third kappa shape index (κ3) is 5.73. The van der Waals surface area contributed by atoms with E-state index in [2.05, 4.69) is 58.7 Å². The highest BCUT2D eigenvalue weighted by molar-refractivity contribution is 4.92. The molecule has 1 saturated heterocycles. The van der Waals surface area contributed by atoms with Gasteiger partial charge in [-0.2, -0.15) is 0 Å². The third-order valence-electron chi connectivity index (χ3n) is 4.83. The molecule has 120 valence electrons. The molecule has 1 aliphatic heterocycles. The summed E-state index contributed by atoms with van der Waals surface area (Å²) in [5.41, 5.74) is 0.800. The van der Waals surface area contributed by atoms with Crippen LogP contribution in [0.25, 0.3) is 0 Å². The number of piperazine rings is 1. The van der Waals surface area contributed by atoms with Gasteiger partial charge >= 0.3 is 0 Å². The van der Waals surface area contributed by atoms with Crippen LogP contribution in [-0.2, 0) is 0 Å². The van der Waals surface area contributed by atoms with Gasteiger partial charge in [0.05, 0.1) is 0 Å². The smallest absolute Gasteiger partial charge is 0.0244 e. The number of nitrogens with zero attached hydrogens (tertiary/aromatic N) is 1. The molecule has 20 heavy (non-hydrogen) atoms. The molecule has 2 atom stereocenters. The van der Waals surface area contributed by atoms with E-state index in [-0.39, 0.29) is 0 Å². The van der Waals surface area contributed by atoms with Gasteiger partial charge in [-0.25, -0.2) is 0 Å². The number of nitrogens with one attached hydrogen (secondary N) is 1. The Labute approximate surface area is 127 Å². The Morgan fingerprint density at radius 3 is 2.30 bits per heavy atom. The lowest BCUT2D eigenvalue weighted by molar-refractivity contribution is 0.0580. The molecular formula is C18H38N2. The third-order valence-corrected chi connectivity index (χ3v) is 4.83. The van der Waals surface area contributed by atoms with Crippen molar-refractivity contribution in [3.05, 3.63) is 0 Å². The summed E-state index contributed by atoms with van der Waals surface area (Å²) in [5.74, 6) is 0. The van der Waals surface area contributed by atoms with E-state index < -0.39 is 0 Å². The Morgan fingerprint density at radius 1 is 1.10 bits per heavy atom. The van der Waals surface area contributed by atoms with Crippen molar-refractivity contribution in [2.24, 2.45) is 10.8 Å². The molecule has 1 fully saturated rings. The second-order valence-corrected chi connectivity index (χ2v) is 8.73. The molecule has 1 aliphatic rings. The zero-order valence-corrected chi connectivity index (χ0v) is 15.1. The molecule has 2 heteroatoms. The minimum Gasteiger partial charge on any atom is -0.311 e. The van der Waals surface area contributed by atoms with Gasteiger partial charge in [-0.15, -0.1) is 0 Å². The van der Waals surface area contributed by atoms with Crippen LogP contribution in [0.5, 0.6) is 0 Å². The molecule has 1 rings (SSSR count). The number of hydrogen-bond donors (Lipinski definition) is 1. The van der Waals surface area contributed by atoms with Crippen molar-refractivity contribution in [2.45, 2.75) is 86.2 Å². The molecule has 0 aliphatic carbocycles. The average molecular weight is 283 g/mol. The molecule has 0 amide bonds. The van der Waals surface area contributed by atoms with E-state index in [0.717, 1.165) is 6.54 Å². The Bertz CT molecular complexity index is 278. The molecule has 0 aromatic heterocycles. The van der Waals surface area contributed by atoms with Gasteiger partial charge in [-0.1, -0.05) is 60.8 Å². The van der Waals surface area contributed by atoms with Crippen molar-refractivity contribution < 1.29 is 0 Å². The van der Waals surface area contributed by atoms with Crippen LogP contribution in [0.15, 0.2) is 0 Å². The normalized spacial score (nSPS) is 25.9. The summed E-state index contributed by atoms with van der Waals surface area (Å²) in [4.78, 5) is 2.72. The van der Waals surface area contributed by atoms with Gasteiger partial charge in [0.1, 0.15) is 0 Å². The highest BCUT2D eigenvalue weighted by Crippen LogP contribution is 2.29. The molecule has 1 heterocycles. The van der Waals surface area contributed by atoms with Gasteiger partial charge in [0, 0.05) is 31.7 Å². The zero-order chi connectivity index (χ0) is 15.4. The van der Waals surface area contributed by atoms with Gasteiger partial charge in [0.2, 0.25) is 0 Å². The lowest BCUT2D eigenvalue weighted by Gasteiger charge is -2.46. The molecule has 0 saturated carbocycles. The van der Waals surface area contributed by atoms with Crippen LogP contribution in [0.1, 0.15) is 74.1 Å². The maximum absolute atomic E-state index is 3.74. The highest BCUT2D eigenvalue weighted by atomic mass is 15.2. The fourth-order valence-corrected chi connectivity index (χ4v) is 3.20. The van der Waals surface area contributed by atoms with E-state index in [1.807, 2.05) is 0 Å². The first kappa shape index (κ1) is 18.0. The molecule has 0 bridgehead atoms. The van der Waals surface area contributed by atoms with Crippen molar-refractivity contribution in [1.29, 1.82) is 0 Å². The van der Waals surface area contributed by atoms with Crippen LogP contribution in [0.2, 0.25) is 0 Å². The lowest BCUT2D eigenvalue weighted by atomic mass is 9.82. The van der Waals surface area contributed by atoms with Gasteiger partial charge in [-0.05, 0) is 24.2 Å². The zero-order valence-electron chi connectivity index (χ0n) is 15.1. The number of unbranched alkanes of at least 4 members (excludes halogenated alkanes) is 2. The minimum atomic E-state index is 0.352. The van der Waals surface area contributed by atoms with Crippen molar-refractivity contribution in [1.82, 2.24) is 10.2 Å². The summed E-state index contributed by atoms with van der Waals surface area (Å²) >= 11 is 0. The molecule has 2 nitrogen and oxygen atoms in total. The Hall–Kier alpha value is -0.0800. The first-order chi connectivity index (χ1) is 9.15. The lowest BCUT2D eigenvalue weighted by Crippen LogP contribution is -2.60. The minimum absolute atomic E-state index is 0.352. The summed E-state index contributed by atoms with van der Waals surface area (Å²) in [7, 11) is 0. The fraction of sp³-hybridized carbons (Fsp3) is 1.00. The van der Waals surface area contributed by atoms with Crippen LogP contribution in [0, 0.1) is 10.8 Å². The molecule has 0 radical (unpaired) electrons. The van der Waals surface area contributed by atoms with Crippen LogP contribution in [0.4, 0.5) is 0 Å². The van der Waals surface area contributed by atoms with E-state index in [1.54, 1.807) is 0 Å². The van der Waals surface area contributed by atoms with Crippen LogP contribution in [-0.4, -0.2) is 36.6 Å². The fourth-order valence-electron chi connectivity index (χ4n) is 3.20. The standard InChI is InChI=1S/C18H38N2/c1-8-9-10-11-18(6,7)14-20-13-16(17(3,4)5)19-12-15(20)2/h15-16,19H,8-14H2,1-7H3. The summed E-state index contributed by atoms with van der Waals surface area (Å²) in [6.45, 7) is 20.2. The Balaban J connectivity index is 2.55. The highest BCUT2D eigenvalue weighted by Gasteiger charge is 2.34. The molecule has 1 N–H and O–H groups in total. The SMILES string of the molecule is CCCCCC(C)(C)CN1CC(C(C)(C)C)NCC1C. The van der Waals surface area contributed by atoms with Gasteiger partial charge in [-0.3, -0.25) is 4.90 Å².